The van der Waals surface area contributed by atoms with Crippen LogP contribution >= 0.6 is 11.8 Å². The molecule has 0 saturated heterocycles. The Balaban J connectivity index is 1.61. The molecule has 0 radical (unpaired) electrons. The van der Waals surface area contributed by atoms with Crippen molar-refractivity contribution in [2.24, 2.45) is 0 Å². The van der Waals surface area contributed by atoms with Gasteiger partial charge >= 0.3 is 0 Å². The maximum Gasteiger partial charge on any atom is 0.251 e. The molecule has 0 unspecified atom stereocenters. The number of benzene rings is 3. The maximum atomic E-state index is 12.7. The summed E-state index contributed by atoms with van der Waals surface area (Å²) in [7, 11) is 1.65. The van der Waals surface area contributed by atoms with Crippen LogP contribution in [-0.2, 0) is 12.2 Å². The standard InChI is InChI=1S/C25H27NO3S/c1-3-29-24-14-11-20(17-21(24)18-30-23-7-5-4-6-8-23)25(27)26-16-15-19-9-12-22(28-2)13-10-19/h4-14,17H,3,15-16,18H2,1-2H3,(H,26,27). The third-order valence-electron chi connectivity index (χ3n) is 4.62. The van der Waals surface area contributed by atoms with E-state index in [2.05, 4.69) is 17.4 Å². The number of carbonyl (C=O) groups excluding carboxylic acids is 1. The fourth-order valence-corrected chi connectivity index (χ4v) is 3.92. The van der Waals surface area contributed by atoms with Crippen LogP contribution in [0.15, 0.2) is 77.7 Å². The van der Waals surface area contributed by atoms with Gasteiger partial charge in [0.05, 0.1) is 13.7 Å². The Labute approximate surface area is 182 Å². The van der Waals surface area contributed by atoms with Crippen LogP contribution in [0.3, 0.4) is 0 Å². The lowest BCUT2D eigenvalue weighted by molar-refractivity contribution is 0.0954. The summed E-state index contributed by atoms with van der Waals surface area (Å²) in [6.07, 6.45) is 0.767. The summed E-state index contributed by atoms with van der Waals surface area (Å²) in [6.45, 7) is 3.14. The van der Waals surface area contributed by atoms with E-state index in [1.54, 1.807) is 18.9 Å². The molecule has 5 heteroatoms. The van der Waals surface area contributed by atoms with Crippen molar-refractivity contribution in [1.82, 2.24) is 5.32 Å². The van der Waals surface area contributed by atoms with Crippen molar-refractivity contribution in [2.45, 2.75) is 24.0 Å². The van der Waals surface area contributed by atoms with Gasteiger partial charge in [-0.05, 0) is 61.4 Å². The Kier molecular flexibility index (Phi) is 8.21. The summed E-state index contributed by atoms with van der Waals surface area (Å²) in [5, 5.41) is 3.01. The van der Waals surface area contributed by atoms with Crippen molar-refractivity contribution in [3.63, 3.8) is 0 Å². The minimum Gasteiger partial charge on any atom is -0.497 e. The minimum absolute atomic E-state index is 0.0717. The van der Waals surface area contributed by atoms with Crippen molar-refractivity contribution >= 4 is 17.7 Å². The fourth-order valence-electron chi connectivity index (χ4n) is 3.02. The molecule has 3 rings (SSSR count). The molecule has 1 N–H and O–H groups in total. The van der Waals surface area contributed by atoms with Gasteiger partial charge in [-0.1, -0.05) is 30.3 Å². The van der Waals surface area contributed by atoms with E-state index in [1.807, 2.05) is 67.6 Å². The first-order valence-corrected chi connectivity index (χ1v) is 11.0. The Morgan fingerprint density at radius 1 is 1.00 bits per heavy atom. The van der Waals surface area contributed by atoms with Crippen molar-refractivity contribution in [2.75, 3.05) is 20.3 Å². The van der Waals surface area contributed by atoms with Crippen LogP contribution in [-0.4, -0.2) is 26.2 Å². The second-order valence-corrected chi connectivity index (χ2v) is 7.76. The van der Waals surface area contributed by atoms with Crippen LogP contribution in [0.1, 0.15) is 28.4 Å². The van der Waals surface area contributed by atoms with Gasteiger partial charge in [-0.2, -0.15) is 0 Å². The summed E-state index contributed by atoms with van der Waals surface area (Å²) < 4.78 is 10.9. The number of nitrogens with one attached hydrogen (secondary N) is 1. The third kappa shape index (κ3) is 6.29. The van der Waals surface area contributed by atoms with Gasteiger partial charge in [0, 0.05) is 28.3 Å². The summed E-state index contributed by atoms with van der Waals surface area (Å²) >= 11 is 1.73. The topological polar surface area (TPSA) is 47.6 Å². The largest absolute Gasteiger partial charge is 0.497 e. The molecular formula is C25H27NO3S. The molecule has 0 fully saturated rings. The molecular weight excluding hydrogens is 394 g/mol. The number of rotatable bonds is 10. The molecule has 0 spiro atoms. The van der Waals surface area contributed by atoms with Crippen molar-refractivity contribution in [1.29, 1.82) is 0 Å². The summed E-state index contributed by atoms with van der Waals surface area (Å²) in [4.78, 5) is 13.8. The molecule has 0 bridgehead atoms. The average molecular weight is 422 g/mol. The number of amides is 1. The van der Waals surface area contributed by atoms with E-state index in [0.29, 0.717) is 18.7 Å². The average Bonchev–Trinajstić information content (AvgIpc) is 2.79. The Morgan fingerprint density at radius 2 is 1.77 bits per heavy atom. The maximum absolute atomic E-state index is 12.7. The zero-order chi connectivity index (χ0) is 21.2. The Morgan fingerprint density at radius 3 is 2.47 bits per heavy atom. The number of thioether (sulfide) groups is 1. The predicted octanol–water partition coefficient (Wildman–Crippen LogP) is 5.36. The van der Waals surface area contributed by atoms with Gasteiger partial charge in [-0.25, -0.2) is 0 Å². The van der Waals surface area contributed by atoms with Gasteiger partial charge in [0.2, 0.25) is 0 Å². The Hall–Kier alpha value is -2.92. The molecule has 3 aromatic rings. The number of methoxy groups -OCH3 is 1. The van der Waals surface area contributed by atoms with Gasteiger partial charge in [-0.15, -0.1) is 11.8 Å². The molecule has 0 aliphatic rings. The molecule has 30 heavy (non-hydrogen) atoms. The molecule has 1 amide bonds. The van der Waals surface area contributed by atoms with Crippen LogP contribution in [0, 0.1) is 0 Å². The molecule has 4 nitrogen and oxygen atoms in total. The van der Waals surface area contributed by atoms with E-state index in [4.69, 9.17) is 9.47 Å². The van der Waals surface area contributed by atoms with Crippen molar-refractivity contribution in [3.05, 3.63) is 89.5 Å². The third-order valence-corrected chi connectivity index (χ3v) is 5.68. The molecule has 0 aliphatic heterocycles. The fraction of sp³-hybridized carbons (Fsp3) is 0.240. The highest BCUT2D eigenvalue weighted by molar-refractivity contribution is 7.98. The number of hydrogen-bond acceptors (Lipinski definition) is 4. The van der Waals surface area contributed by atoms with E-state index in [1.165, 1.54) is 4.90 Å². The summed E-state index contributed by atoms with van der Waals surface area (Å²) in [5.41, 5.74) is 2.83. The lowest BCUT2D eigenvalue weighted by atomic mass is 10.1. The number of carbonyl (C=O) groups is 1. The highest BCUT2D eigenvalue weighted by Crippen LogP contribution is 2.29. The molecule has 0 saturated carbocycles. The van der Waals surface area contributed by atoms with Gasteiger partial charge in [0.25, 0.3) is 5.91 Å². The van der Waals surface area contributed by atoms with Crippen LogP contribution in [0.4, 0.5) is 0 Å². The van der Waals surface area contributed by atoms with Crippen LogP contribution in [0.25, 0.3) is 0 Å². The highest BCUT2D eigenvalue weighted by atomic mass is 32.2. The highest BCUT2D eigenvalue weighted by Gasteiger charge is 2.11. The normalized spacial score (nSPS) is 10.5. The molecule has 0 heterocycles. The molecule has 156 valence electrons. The van der Waals surface area contributed by atoms with Crippen LogP contribution in [0.2, 0.25) is 0 Å². The van der Waals surface area contributed by atoms with Crippen molar-refractivity contribution < 1.29 is 14.3 Å². The van der Waals surface area contributed by atoms with E-state index in [0.717, 1.165) is 34.8 Å². The quantitative estimate of drug-likeness (QED) is 0.448. The van der Waals surface area contributed by atoms with Gasteiger partial charge in [0.1, 0.15) is 11.5 Å². The summed E-state index contributed by atoms with van der Waals surface area (Å²) in [6, 6.07) is 23.8. The predicted molar refractivity (Wildman–Crippen MR) is 123 cm³/mol. The first-order valence-electron chi connectivity index (χ1n) is 10.0. The lowest BCUT2D eigenvalue weighted by Gasteiger charge is -2.12. The van der Waals surface area contributed by atoms with E-state index < -0.39 is 0 Å². The summed E-state index contributed by atoms with van der Waals surface area (Å²) in [5.74, 6) is 2.33. The minimum atomic E-state index is -0.0717. The molecule has 0 atom stereocenters. The van der Waals surface area contributed by atoms with Crippen molar-refractivity contribution in [3.8, 4) is 11.5 Å². The second kappa shape index (κ2) is 11.3. The Bertz CT molecular complexity index is 942. The lowest BCUT2D eigenvalue weighted by Crippen LogP contribution is -2.25. The van der Waals surface area contributed by atoms with E-state index in [9.17, 15) is 4.79 Å². The first kappa shape index (κ1) is 21.8. The smallest absolute Gasteiger partial charge is 0.251 e. The van der Waals surface area contributed by atoms with Crippen LogP contribution < -0.4 is 14.8 Å². The zero-order valence-electron chi connectivity index (χ0n) is 17.4. The zero-order valence-corrected chi connectivity index (χ0v) is 18.2. The number of ether oxygens (including phenoxy) is 2. The van der Waals surface area contributed by atoms with E-state index in [-0.39, 0.29) is 5.91 Å². The van der Waals surface area contributed by atoms with Crippen LogP contribution in [0.5, 0.6) is 11.5 Å². The molecule has 0 aliphatic carbocycles. The first-order chi connectivity index (χ1) is 14.7. The van der Waals surface area contributed by atoms with E-state index >= 15 is 0 Å². The molecule has 3 aromatic carbocycles. The molecule has 0 aromatic heterocycles. The second-order valence-electron chi connectivity index (χ2n) is 6.71. The number of hydrogen-bond donors (Lipinski definition) is 1. The van der Waals surface area contributed by atoms with Gasteiger partial charge < -0.3 is 14.8 Å². The van der Waals surface area contributed by atoms with Gasteiger partial charge in [-0.3, -0.25) is 4.79 Å². The SMILES string of the molecule is CCOc1ccc(C(=O)NCCc2ccc(OC)cc2)cc1CSc1ccccc1. The van der Waals surface area contributed by atoms with Gasteiger partial charge in [0.15, 0.2) is 0 Å². The monoisotopic (exact) mass is 421 g/mol.